The lowest BCUT2D eigenvalue weighted by Crippen LogP contribution is -2.36. The Hall–Kier alpha value is -1.03. The number of oxime groups is 1. The Kier molecular flexibility index (Phi) is 5.93. The summed E-state index contributed by atoms with van der Waals surface area (Å²) >= 11 is 0. The van der Waals surface area contributed by atoms with Crippen LogP contribution in [0.1, 0.15) is 39.0 Å². The number of amidine groups is 1. The Labute approximate surface area is 97.6 Å². The molecule has 4 nitrogen and oxygen atoms in total. The van der Waals surface area contributed by atoms with Crippen LogP contribution in [0.2, 0.25) is 0 Å². The zero-order valence-electron chi connectivity index (χ0n) is 10.0. The average molecular weight is 225 g/mol. The van der Waals surface area contributed by atoms with Gasteiger partial charge in [-0.25, -0.2) is 0 Å². The van der Waals surface area contributed by atoms with E-state index in [2.05, 4.69) is 29.5 Å². The molecule has 0 aromatic rings. The number of nitrogens with two attached hydrogens (primary N) is 1. The number of nitrogens with zero attached hydrogens (tertiary/aromatic N) is 1. The van der Waals surface area contributed by atoms with Crippen LogP contribution in [-0.4, -0.2) is 23.6 Å². The molecule has 4 N–H and O–H groups in total. The van der Waals surface area contributed by atoms with Crippen molar-refractivity contribution in [2.24, 2.45) is 16.8 Å². The summed E-state index contributed by atoms with van der Waals surface area (Å²) in [6, 6.07) is 0.321. The van der Waals surface area contributed by atoms with Crippen LogP contribution in [-0.2, 0) is 0 Å². The number of allylic oxidation sites excluding steroid dienone is 2. The molecule has 0 radical (unpaired) electrons. The fourth-order valence-electron chi connectivity index (χ4n) is 2.03. The molecule has 0 saturated carbocycles. The maximum atomic E-state index is 8.52. The maximum absolute atomic E-state index is 8.52. The maximum Gasteiger partial charge on any atom is 0.140 e. The molecule has 0 aromatic carbocycles. The number of rotatable bonds is 6. The molecule has 0 heterocycles. The standard InChI is InChI=1S/C12H23N3O/c1-2-11(8-12(13)15-16)14-9-10-6-4-3-5-7-10/h3-4,10-11,14,16H,2,5-9H2,1H3,(H2,13,15). The van der Waals surface area contributed by atoms with Gasteiger partial charge in [-0.2, -0.15) is 0 Å². The topological polar surface area (TPSA) is 70.6 Å². The van der Waals surface area contributed by atoms with Crippen molar-refractivity contribution in [3.8, 4) is 0 Å². The normalized spacial score (nSPS) is 23.3. The molecule has 1 aliphatic carbocycles. The smallest absolute Gasteiger partial charge is 0.140 e. The van der Waals surface area contributed by atoms with E-state index in [1.165, 1.54) is 19.3 Å². The zero-order valence-corrected chi connectivity index (χ0v) is 10.0. The highest BCUT2D eigenvalue weighted by molar-refractivity contribution is 5.80. The molecule has 0 aliphatic heterocycles. The number of hydrogen-bond donors (Lipinski definition) is 3. The second-order valence-corrected chi connectivity index (χ2v) is 4.46. The largest absolute Gasteiger partial charge is 0.409 e. The Morgan fingerprint density at radius 3 is 3.00 bits per heavy atom. The van der Waals surface area contributed by atoms with Crippen molar-refractivity contribution in [2.75, 3.05) is 6.54 Å². The third-order valence-electron chi connectivity index (χ3n) is 3.15. The van der Waals surface area contributed by atoms with Crippen LogP contribution >= 0.6 is 0 Å². The third-order valence-corrected chi connectivity index (χ3v) is 3.15. The summed E-state index contributed by atoms with van der Waals surface area (Å²) in [5, 5.41) is 15.0. The minimum Gasteiger partial charge on any atom is -0.409 e. The first-order chi connectivity index (χ1) is 7.76. The summed E-state index contributed by atoms with van der Waals surface area (Å²) in [5.41, 5.74) is 5.51. The monoisotopic (exact) mass is 225 g/mol. The van der Waals surface area contributed by atoms with Crippen LogP contribution in [0.5, 0.6) is 0 Å². The Balaban J connectivity index is 2.25. The van der Waals surface area contributed by atoms with Crippen LogP contribution in [0.25, 0.3) is 0 Å². The van der Waals surface area contributed by atoms with Gasteiger partial charge in [0, 0.05) is 12.5 Å². The average Bonchev–Trinajstić information content (AvgIpc) is 2.35. The fraction of sp³-hybridized carbons (Fsp3) is 0.750. The zero-order chi connectivity index (χ0) is 11.8. The van der Waals surface area contributed by atoms with Crippen molar-refractivity contribution >= 4 is 5.84 Å². The van der Waals surface area contributed by atoms with Gasteiger partial charge in [-0.3, -0.25) is 0 Å². The highest BCUT2D eigenvalue weighted by Crippen LogP contribution is 2.17. The van der Waals surface area contributed by atoms with E-state index in [-0.39, 0.29) is 0 Å². The molecule has 1 rings (SSSR count). The van der Waals surface area contributed by atoms with Crippen LogP contribution < -0.4 is 11.1 Å². The van der Waals surface area contributed by atoms with E-state index in [1.54, 1.807) is 0 Å². The second-order valence-electron chi connectivity index (χ2n) is 4.46. The third kappa shape index (κ3) is 4.66. The number of hydrogen-bond acceptors (Lipinski definition) is 3. The summed E-state index contributed by atoms with van der Waals surface area (Å²) in [6.45, 7) is 3.14. The van der Waals surface area contributed by atoms with Crippen LogP contribution in [0, 0.1) is 5.92 Å². The fourth-order valence-corrected chi connectivity index (χ4v) is 2.03. The van der Waals surface area contributed by atoms with Crippen molar-refractivity contribution in [2.45, 2.75) is 45.1 Å². The predicted molar refractivity (Wildman–Crippen MR) is 66.6 cm³/mol. The quantitative estimate of drug-likeness (QED) is 0.212. The van der Waals surface area contributed by atoms with Gasteiger partial charge >= 0.3 is 0 Å². The first kappa shape index (κ1) is 13.0. The van der Waals surface area contributed by atoms with E-state index in [0.717, 1.165) is 18.9 Å². The summed E-state index contributed by atoms with van der Waals surface area (Å²) < 4.78 is 0. The van der Waals surface area contributed by atoms with Gasteiger partial charge in [-0.15, -0.1) is 0 Å². The Morgan fingerprint density at radius 1 is 1.62 bits per heavy atom. The first-order valence-corrected chi connectivity index (χ1v) is 6.11. The van der Waals surface area contributed by atoms with Crippen molar-refractivity contribution in [3.63, 3.8) is 0 Å². The van der Waals surface area contributed by atoms with Crippen molar-refractivity contribution in [1.29, 1.82) is 0 Å². The Bertz CT molecular complexity index is 251. The van der Waals surface area contributed by atoms with Gasteiger partial charge in [0.25, 0.3) is 0 Å². The molecule has 92 valence electrons. The van der Waals surface area contributed by atoms with Crippen LogP contribution in [0.15, 0.2) is 17.3 Å². The second kappa shape index (κ2) is 7.28. The molecule has 0 fully saturated rings. The highest BCUT2D eigenvalue weighted by atomic mass is 16.4. The molecule has 0 spiro atoms. The molecular weight excluding hydrogens is 202 g/mol. The summed E-state index contributed by atoms with van der Waals surface area (Å²) in [5.74, 6) is 1.05. The summed E-state index contributed by atoms with van der Waals surface area (Å²) in [6.07, 6.45) is 9.78. The lowest BCUT2D eigenvalue weighted by molar-refractivity contribution is 0.314. The van der Waals surface area contributed by atoms with E-state index in [4.69, 9.17) is 10.9 Å². The van der Waals surface area contributed by atoms with E-state index >= 15 is 0 Å². The predicted octanol–water partition coefficient (Wildman–Crippen LogP) is 1.85. The van der Waals surface area contributed by atoms with Gasteiger partial charge in [0.1, 0.15) is 5.84 Å². The molecule has 0 saturated heterocycles. The van der Waals surface area contributed by atoms with E-state index < -0.39 is 0 Å². The molecule has 0 amide bonds. The van der Waals surface area contributed by atoms with Gasteiger partial charge in [0.15, 0.2) is 0 Å². The Morgan fingerprint density at radius 2 is 2.44 bits per heavy atom. The van der Waals surface area contributed by atoms with Crippen molar-refractivity contribution in [1.82, 2.24) is 5.32 Å². The van der Waals surface area contributed by atoms with Gasteiger partial charge in [0.05, 0.1) is 0 Å². The first-order valence-electron chi connectivity index (χ1n) is 6.11. The van der Waals surface area contributed by atoms with Crippen molar-refractivity contribution < 1.29 is 5.21 Å². The van der Waals surface area contributed by atoms with Gasteiger partial charge in [-0.05, 0) is 38.1 Å². The molecule has 0 bridgehead atoms. The summed E-state index contributed by atoms with van der Waals surface area (Å²) in [7, 11) is 0. The van der Waals surface area contributed by atoms with E-state index in [9.17, 15) is 0 Å². The molecular formula is C12H23N3O. The van der Waals surface area contributed by atoms with Crippen LogP contribution in [0.3, 0.4) is 0 Å². The van der Waals surface area contributed by atoms with Crippen molar-refractivity contribution in [3.05, 3.63) is 12.2 Å². The SMILES string of the molecule is CCC(CC(N)=NO)NCC1CC=CCC1. The summed E-state index contributed by atoms with van der Waals surface area (Å²) in [4.78, 5) is 0. The molecule has 0 aromatic heterocycles. The van der Waals surface area contributed by atoms with E-state index in [1.807, 2.05) is 0 Å². The minimum atomic E-state index is 0.308. The molecule has 2 atom stereocenters. The number of nitrogens with one attached hydrogen (secondary N) is 1. The van der Waals surface area contributed by atoms with Crippen LogP contribution in [0.4, 0.5) is 0 Å². The van der Waals surface area contributed by atoms with Gasteiger partial charge in [0.2, 0.25) is 0 Å². The lowest BCUT2D eigenvalue weighted by Gasteiger charge is -2.22. The lowest BCUT2D eigenvalue weighted by atomic mass is 9.94. The van der Waals surface area contributed by atoms with Gasteiger partial charge in [-0.1, -0.05) is 24.2 Å². The van der Waals surface area contributed by atoms with E-state index in [0.29, 0.717) is 18.3 Å². The van der Waals surface area contributed by atoms with Gasteiger partial charge < -0.3 is 16.3 Å². The highest BCUT2D eigenvalue weighted by Gasteiger charge is 2.13. The minimum absolute atomic E-state index is 0.308. The molecule has 2 unspecified atom stereocenters. The molecule has 4 heteroatoms. The molecule has 16 heavy (non-hydrogen) atoms. The molecule has 1 aliphatic rings.